The molecule has 0 rings (SSSR count). The van der Waals surface area contributed by atoms with Crippen molar-refractivity contribution in [2.75, 3.05) is 6.61 Å². The lowest BCUT2D eigenvalue weighted by molar-refractivity contribution is -0.163. The predicted octanol–water partition coefficient (Wildman–Crippen LogP) is 2.19. The standard InChI is InChI=1S/C11H20O3/c1-6-11(8(3)4,9(5)12)10(13)14-7-2/h8H,6-7H2,1-5H3. The molecule has 0 aliphatic heterocycles. The average Bonchev–Trinajstić information content (AvgIpc) is 2.05. The molecule has 0 amide bonds. The fraction of sp³-hybridized carbons (Fsp3) is 0.818. The second-order valence-corrected chi connectivity index (χ2v) is 3.76. The van der Waals surface area contributed by atoms with Crippen molar-refractivity contribution in [3.63, 3.8) is 0 Å². The quantitative estimate of drug-likeness (QED) is 0.504. The molecular weight excluding hydrogens is 180 g/mol. The van der Waals surface area contributed by atoms with Gasteiger partial charge in [0.15, 0.2) is 0 Å². The molecule has 0 aliphatic carbocycles. The summed E-state index contributed by atoms with van der Waals surface area (Å²) >= 11 is 0. The van der Waals surface area contributed by atoms with Crippen LogP contribution in [-0.2, 0) is 14.3 Å². The molecule has 0 heterocycles. The van der Waals surface area contributed by atoms with Crippen LogP contribution in [0.15, 0.2) is 0 Å². The van der Waals surface area contributed by atoms with Gasteiger partial charge in [-0.3, -0.25) is 9.59 Å². The molecule has 14 heavy (non-hydrogen) atoms. The first-order valence-corrected chi connectivity index (χ1v) is 5.11. The van der Waals surface area contributed by atoms with E-state index in [1.165, 1.54) is 6.92 Å². The summed E-state index contributed by atoms with van der Waals surface area (Å²) in [5.41, 5.74) is -0.948. The predicted molar refractivity (Wildman–Crippen MR) is 54.9 cm³/mol. The van der Waals surface area contributed by atoms with Crippen LogP contribution in [0, 0.1) is 11.3 Å². The van der Waals surface area contributed by atoms with E-state index in [1.54, 1.807) is 6.92 Å². The number of ether oxygens (including phenoxy) is 1. The van der Waals surface area contributed by atoms with E-state index in [0.717, 1.165) is 0 Å². The number of ketones is 1. The Balaban J connectivity index is 5.04. The molecular formula is C11H20O3. The lowest BCUT2D eigenvalue weighted by Gasteiger charge is -2.31. The minimum atomic E-state index is -0.948. The summed E-state index contributed by atoms with van der Waals surface area (Å²) in [4.78, 5) is 23.3. The first kappa shape index (κ1) is 13.1. The maximum atomic E-state index is 11.7. The van der Waals surface area contributed by atoms with Crippen LogP contribution in [-0.4, -0.2) is 18.4 Å². The van der Waals surface area contributed by atoms with Crippen molar-refractivity contribution in [2.45, 2.75) is 41.0 Å². The van der Waals surface area contributed by atoms with Gasteiger partial charge in [0.05, 0.1) is 6.61 Å². The SMILES string of the molecule is CCOC(=O)C(CC)(C(C)=O)C(C)C. The molecule has 0 fully saturated rings. The second-order valence-electron chi connectivity index (χ2n) is 3.76. The zero-order chi connectivity index (χ0) is 11.4. The summed E-state index contributed by atoms with van der Waals surface area (Å²) in [7, 11) is 0. The molecule has 0 aromatic rings. The fourth-order valence-electron chi connectivity index (χ4n) is 1.85. The Hall–Kier alpha value is -0.860. The highest BCUT2D eigenvalue weighted by Gasteiger charge is 2.45. The average molecular weight is 200 g/mol. The molecule has 0 N–H and O–H groups in total. The minimum absolute atomic E-state index is 0.0240. The van der Waals surface area contributed by atoms with E-state index in [0.29, 0.717) is 13.0 Å². The van der Waals surface area contributed by atoms with Crippen molar-refractivity contribution in [2.24, 2.45) is 11.3 Å². The molecule has 0 saturated carbocycles. The van der Waals surface area contributed by atoms with Crippen LogP contribution in [0.1, 0.15) is 41.0 Å². The van der Waals surface area contributed by atoms with Gasteiger partial charge in [-0.2, -0.15) is 0 Å². The van der Waals surface area contributed by atoms with E-state index in [9.17, 15) is 9.59 Å². The van der Waals surface area contributed by atoms with Gasteiger partial charge in [0.2, 0.25) is 0 Å². The molecule has 3 nitrogen and oxygen atoms in total. The van der Waals surface area contributed by atoms with Crippen molar-refractivity contribution >= 4 is 11.8 Å². The Morgan fingerprint density at radius 3 is 2.00 bits per heavy atom. The van der Waals surface area contributed by atoms with Crippen molar-refractivity contribution < 1.29 is 14.3 Å². The lowest BCUT2D eigenvalue weighted by atomic mass is 9.72. The largest absolute Gasteiger partial charge is 0.465 e. The molecule has 3 heteroatoms. The summed E-state index contributed by atoms with van der Waals surface area (Å²) in [5.74, 6) is -0.512. The summed E-state index contributed by atoms with van der Waals surface area (Å²) in [6.45, 7) is 9.13. The third kappa shape index (κ3) is 2.14. The molecule has 0 spiro atoms. The van der Waals surface area contributed by atoms with Crippen molar-refractivity contribution in [3.8, 4) is 0 Å². The van der Waals surface area contributed by atoms with Gasteiger partial charge in [0, 0.05) is 0 Å². The highest BCUT2D eigenvalue weighted by molar-refractivity contribution is 6.02. The molecule has 0 aromatic carbocycles. The van der Waals surface area contributed by atoms with Gasteiger partial charge < -0.3 is 4.74 Å². The fourth-order valence-corrected chi connectivity index (χ4v) is 1.85. The highest BCUT2D eigenvalue weighted by atomic mass is 16.5. The van der Waals surface area contributed by atoms with Crippen LogP contribution in [0.4, 0.5) is 0 Å². The monoisotopic (exact) mass is 200 g/mol. The first-order valence-electron chi connectivity index (χ1n) is 5.11. The lowest BCUT2D eigenvalue weighted by Crippen LogP contribution is -2.43. The molecule has 1 unspecified atom stereocenters. The number of Topliss-reactive ketones (excluding diaryl/α,β-unsaturated/α-hetero) is 1. The number of carbonyl (C=O) groups excluding carboxylic acids is 2. The zero-order valence-electron chi connectivity index (χ0n) is 9.72. The van der Waals surface area contributed by atoms with Crippen LogP contribution in [0.5, 0.6) is 0 Å². The summed E-state index contributed by atoms with van der Waals surface area (Å²) in [6.07, 6.45) is 0.499. The maximum Gasteiger partial charge on any atom is 0.319 e. The van der Waals surface area contributed by atoms with Gasteiger partial charge in [-0.25, -0.2) is 0 Å². The Kier molecular flexibility index (Phi) is 4.81. The van der Waals surface area contributed by atoms with Gasteiger partial charge in [0.25, 0.3) is 0 Å². The molecule has 0 saturated heterocycles. The number of hydrogen-bond acceptors (Lipinski definition) is 3. The normalized spacial score (nSPS) is 15.0. The molecule has 0 radical (unpaired) electrons. The van der Waals surface area contributed by atoms with E-state index in [4.69, 9.17) is 4.74 Å². The molecule has 0 bridgehead atoms. The Morgan fingerprint density at radius 1 is 1.29 bits per heavy atom. The van der Waals surface area contributed by atoms with Gasteiger partial charge in [0.1, 0.15) is 11.2 Å². The molecule has 0 aliphatic rings. The van der Waals surface area contributed by atoms with Crippen LogP contribution in [0.25, 0.3) is 0 Å². The van der Waals surface area contributed by atoms with Crippen LogP contribution in [0.3, 0.4) is 0 Å². The van der Waals surface area contributed by atoms with Crippen molar-refractivity contribution in [3.05, 3.63) is 0 Å². The Bertz CT molecular complexity index is 221. The van der Waals surface area contributed by atoms with Crippen molar-refractivity contribution in [1.29, 1.82) is 0 Å². The topological polar surface area (TPSA) is 43.4 Å². The first-order chi connectivity index (χ1) is 6.43. The molecule has 1 atom stereocenters. The van der Waals surface area contributed by atoms with Crippen LogP contribution < -0.4 is 0 Å². The van der Waals surface area contributed by atoms with Crippen molar-refractivity contribution in [1.82, 2.24) is 0 Å². The van der Waals surface area contributed by atoms with Gasteiger partial charge in [-0.05, 0) is 26.2 Å². The molecule has 82 valence electrons. The van der Waals surface area contributed by atoms with E-state index >= 15 is 0 Å². The van der Waals surface area contributed by atoms with Crippen LogP contribution >= 0.6 is 0 Å². The minimum Gasteiger partial charge on any atom is -0.465 e. The summed E-state index contributed by atoms with van der Waals surface area (Å²) in [5, 5.41) is 0. The smallest absolute Gasteiger partial charge is 0.319 e. The summed E-state index contributed by atoms with van der Waals surface area (Å²) in [6, 6.07) is 0. The van der Waals surface area contributed by atoms with E-state index in [-0.39, 0.29) is 17.7 Å². The number of rotatable bonds is 5. The highest BCUT2D eigenvalue weighted by Crippen LogP contribution is 2.34. The number of hydrogen-bond donors (Lipinski definition) is 0. The zero-order valence-corrected chi connectivity index (χ0v) is 9.72. The van der Waals surface area contributed by atoms with E-state index in [1.807, 2.05) is 20.8 Å². The number of carbonyl (C=O) groups is 2. The molecule has 0 aromatic heterocycles. The van der Waals surface area contributed by atoms with Crippen LogP contribution in [0.2, 0.25) is 0 Å². The Labute approximate surface area is 85.8 Å². The van der Waals surface area contributed by atoms with Gasteiger partial charge >= 0.3 is 5.97 Å². The number of esters is 1. The van der Waals surface area contributed by atoms with E-state index in [2.05, 4.69) is 0 Å². The summed E-state index contributed by atoms with van der Waals surface area (Å²) < 4.78 is 4.96. The van der Waals surface area contributed by atoms with Gasteiger partial charge in [-0.15, -0.1) is 0 Å². The third-order valence-electron chi connectivity index (χ3n) is 2.81. The Morgan fingerprint density at radius 2 is 1.79 bits per heavy atom. The van der Waals surface area contributed by atoms with E-state index < -0.39 is 5.41 Å². The second kappa shape index (κ2) is 5.13. The maximum absolute atomic E-state index is 11.7. The van der Waals surface area contributed by atoms with Gasteiger partial charge in [-0.1, -0.05) is 20.8 Å². The third-order valence-corrected chi connectivity index (χ3v) is 2.81.